The van der Waals surface area contributed by atoms with Crippen LogP contribution in [-0.2, 0) is 4.74 Å². The Labute approximate surface area is 130 Å². The van der Waals surface area contributed by atoms with Crippen molar-refractivity contribution in [3.05, 3.63) is 18.1 Å². The highest BCUT2D eigenvalue weighted by Crippen LogP contribution is 2.35. The zero-order chi connectivity index (χ0) is 16.0. The molecule has 0 aromatic carbocycles. The van der Waals surface area contributed by atoms with Crippen LogP contribution < -0.4 is 10.6 Å². The first-order chi connectivity index (χ1) is 10.6. The molecule has 22 heavy (non-hydrogen) atoms. The van der Waals surface area contributed by atoms with E-state index in [4.69, 9.17) is 10.5 Å². The lowest BCUT2D eigenvalue weighted by Gasteiger charge is -2.42. The molecule has 0 aliphatic carbocycles. The molecule has 122 valence electrons. The number of nitrogens with zero attached hydrogens (tertiary/aromatic N) is 3. The van der Waals surface area contributed by atoms with Gasteiger partial charge < -0.3 is 20.5 Å². The van der Waals surface area contributed by atoms with Gasteiger partial charge in [-0.25, -0.2) is 4.98 Å². The van der Waals surface area contributed by atoms with E-state index in [1.54, 1.807) is 13.3 Å². The molecule has 1 saturated heterocycles. The van der Waals surface area contributed by atoms with Crippen molar-refractivity contribution < 1.29 is 14.6 Å². The third kappa shape index (κ3) is 3.92. The number of anilines is 1. The average Bonchev–Trinajstić information content (AvgIpc) is 2.55. The van der Waals surface area contributed by atoms with Gasteiger partial charge >= 0.3 is 0 Å². The Morgan fingerprint density at radius 1 is 1.55 bits per heavy atom. The molecule has 1 aliphatic heterocycles. The van der Waals surface area contributed by atoms with Crippen LogP contribution in [0, 0.1) is 5.41 Å². The number of primary amides is 1. The number of piperidine rings is 1. The normalized spacial score (nSPS) is 21.8. The minimum absolute atomic E-state index is 0.135. The highest BCUT2D eigenvalue weighted by molar-refractivity contribution is 5.90. The summed E-state index contributed by atoms with van der Waals surface area (Å²) < 4.78 is 5.11. The molecule has 0 bridgehead atoms. The zero-order valence-electron chi connectivity index (χ0n) is 13.0. The van der Waals surface area contributed by atoms with Crippen molar-refractivity contribution in [3.63, 3.8) is 0 Å². The summed E-state index contributed by atoms with van der Waals surface area (Å²) >= 11 is 0. The number of amides is 1. The zero-order valence-corrected chi connectivity index (χ0v) is 13.0. The Bertz CT molecular complexity index is 511. The number of aromatic nitrogens is 2. The van der Waals surface area contributed by atoms with Gasteiger partial charge in [0.2, 0.25) is 0 Å². The molecular formula is C15H24N4O3. The quantitative estimate of drug-likeness (QED) is 0.715. The average molecular weight is 308 g/mol. The maximum atomic E-state index is 11.2. The van der Waals surface area contributed by atoms with Gasteiger partial charge in [-0.05, 0) is 25.7 Å². The SMILES string of the molecule is COCCC[C@@]1(CO)CCCN(c2cncc(C(N)=O)n2)C1. The van der Waals surface area contributed by atoms with Crippen molar-refractivity contribution in [3.8, 4) is 0 Å². The number of carbonyl (C=O) groups excluding carboxylic acids is 1. The molecule has 1 aromatic rings. The number of hydrogen-bond acceptors (Lipinski definition) is 6. The smallest absolute Gasteiger partial charge is 0.268 e. The summed E-state index contributed by atoms with van der Waals surface area (Å²) in [4.78, 5) is 21.6. The summed E-state index contributed by atoms with van der Waals surface area (Å²) in [6, 6.07) is 0. The summed E-state index contributed by atoms with van der Waals surface area (Å²) in [6.07, 6.45) is 6.76. The minimum Gasteiger partial charge on any atom is -0.396 e. The molecular weight excluding hydrogens is 284 g/mol. The van der Waals surface area contributed by atoms with E-state index in [0.717, 1.165) is 32.2 Å². The maximum Gasteiger partial charge on any atom is 0.268 e. The molecule has 1 aliphatic rings. The van der Waals surface area contributed by atoms with E-state index >= 15 is 0 Å². The van der Waals surface area contributed by atoms with Crippen LogP contribution in [0.1, 0.15) is 36.2 Å². The van der Waals surface area contributed by atoms with Gasteiger partial charge in [0.05, 0.1) is 19.0 Å². The fraction of sp³-hybridized carbons (Fsp3) is 0.667. The Morgan fingerprint density at radius 2 is 2.36 bits per heavy atom. The first-order valence-corrected chi connectivity index (χ1v) is 7.57. The molecule has 7 nitrogen and oxygen atoms in total. The number of carbonyl (C=O) groups is 1. The van der Waals surface area contributed by atoms with Crippen LogP contribution in [0.5, 0.6) is 0 Å². The summed E-state index contributed by atoms with van der Waals surface area (Å²) in [5, 5.41) is 9.87. The van der Waals surface area contributed by atoms with Crippen molar-refractivity contribution in [2.75, 3.05) is 38.3 Å². The lowest BCUT2D eigenvalue weighted by Crippen LogP contribution is -2.46. The summed E-state index contributed by atoms with van der Waals surface area (Å²) in [6.45, 7) is 2.36. The van der Waals surface area contributed by atoms with Crippen molar-refractivity contribution in [1.82, 2.24) is 9.97 Å². The largest absolute Gasteiger partial charge is 0.396 e. The Balaban J connectivity index is 2.11. The molecule has 0 spiro atoms. The van der Waals surface area contributed by atoms with E-state index in [-0.39, 0.29) is 17.7 Å². The van der Waals surface area contributed by atoms with Gasteiger partial charge in [-0.1, -0.05) is 0 Å². The maximum absolute atomic E-state index is 11.2. The first kappa shape index (κ1) is 16.6. The highest BCUT2D eigenvalue weighted by atomic mass is 16.5. The Morgan fingerprint density at radius 3 is 3.05 bits per heavy atom. The lowest BCUT2D eigenvalue weighted by atomic mass is 9.77. The third-order valence-corrected chi connectivity index (χ3v) is 4.25. The second-order valence-electron chi connectivity index (χ2n) is 5.91. The van der Waals surface area contributed by atoms with Crippen molar-refractivity contribution in [2.24, 2.45) is 11.1 Å². The number of nitrogens with two attached hydrogens (primary N) is 1. The minimum atomic E-state index is -0.583. The van der Waals surface area contributed by atoms with Crippen LogP contribution in [-0.4, -0.2) is 54.4 Å². The molecule has 3 N–H and O–H groups in total. The number of methoxy groups -OCH3 is 1. The van der Waals surface area contributed by atoms with E-state index in [2.05, 4.69) is 14.9 Å². The monoisotopic (exact) mass is 308 g/mol. The summed E-state index contributed by atoms with van der Waals surface area (Å²) in [5.74, 6) is 0.0560. The Hall–Kier alpha value is -1.73. The number of aliphatic hydroxyl groups excluding tert-OH is 1. The van der Waals surface area contributed by atoms with Crippen LogP contribution in [0.15, 0.2) is 12.4 Å². The molecule has 1 aromatic heterocycles. The standard InChI is InChI=1S/C15H24N4O3/c1-22-7-3-5-15(11-20)4-2-6-19(10-15)13-9-17-8-12(18-13)14(16)21/h8-9,20H,2-7,10-11H2,1H3,(H2,16,21)/t15-/m0/s1. The fourth-order valence-electron chi connectivity index (χ4n) is 3.03. The van der Waals surface area contributed by atoms with Crippen LogP contribution in [0.2, 0.25) is 0 Å². The van der Waals surface area contributed by atoms with Crippen molar-refractivity contribution >= 4 is 11.7 Å². The fourth-order valence-corrected chi connectivity index (χ4v) is 3.03. The van der Waals surface area contributed by atoms with E-state index < -0.39 is 5.91 Å². The molecule has 7 heteroatoms. The third-order valence-electron chi connectivity index (χ3n) is 4.25. The van der Waals surface area contributed by atoms with E-state index in [0.29, 0.717) is 19.0 Å². The van der Waals surface area contributed by atoms with Gasteiger partial charge in [-0.15, -0.1) is 0 Å². The summed E-state index contributed by atoms with van der Waals surface area (Å²) in [5.41, 5.74) is 5.27. The van der Waals surface area contributed by atoms with E-state index in [1.165, 1.54) is 6.20 Å². The molecule has 1 fully saturated rings. The second-order valence-corrected chi connectivity index (χ2v) is 5.91. The number of aliphatic hydroxyl groups is 1. The van der Waals surface area contributed by atoms with Crippen LogP contribution in [0.25, 0.3) is 0 Å². The second kappa shape index (κ2) is 7.51. The van der Waals surface area contributed by atoms with Gasteiger partial charge in [-0.3, -0.25) is 9.78 Å². The van der Waals surface area contributed by atoms with Crippen LogP contribution in [0.4, 0.5) is 5.82 Å². The van der Waals surface area contributed by atoms with E-state index in [9.17, 15) is 9.90 Å². The number of hydrogen-bond donors (Lipinski definition) is 2. The van der Waals surface area contributed by atoms with Gasteiger partial charge in [-0.2, -0.15) is 0 Å². The van der Waals surface area contributed by atoms with Crippen molar-refractivity contribution in [2.45, 2.75) is 25.7 Å². The molecule has 2 rings (SSSR count). The molecule has 0 unspecified atom stereocenters. The highest BCUT2D eigenvalue weighted by Gasteiger charge is 2.35. The van der Waals surface area contributed by atoms with Crippen molar-refractivity contribution in [1.29, 1.82) is 0 Å². The van der Waals surface area contributed by atoms with Gasteiger partial charge in [0.15, 0.2) is 0 Å². The molecule has 1 amide bonds. The number of ether oxygens (including phenoxy) is 1. The Kier molecular flexibility index (Phi) is 5.68. The number of rotatable bonds is 7. The van der Waals surface area contributed by atoms with Gasteiger partial charge in [0, 0.05) is 32.2 Å². The first-order valence-electron chi connectivity index (χ1n) is 7.57. The molecule has 2 heterocycles. The van der Waals surface area contributed by atoms with Crippen LogP contribution >= 0.6 is 0 Å². The van der Waals surface area contributed by atoms with Crippen LogP contribution in [0.3, 0.4) is 0 Å². The molecule has 1 atom stereocenters. The summed E-state index contributed by atoms with van der Waals surface area (Å²) in [7, 11) is 1.68. The topological polar surface area (TPSA) is 102 Å². The van der Waals surface area contributed by atoms with Gasteiger partial charge in [0.25, 0.3) is 5.91 Å². The predicted octanol–water partition coefficient (Wildman–Crippen LogP) is 0.581. The van der Waals surface area contributed by atoms with E-state index in [1.807, 2.05) is 0 Å². The molecule has 0 radical (unpaired) electrons. The van der Waals surface area contributed by atoms with Gasteiger partial charge in [0.1, 0.15) is 11.5 Å². The lowest BCUT2D eigenvalue weighted by molar-refractivity contribution is 0.0820. The molecule has 0 saturated carbocycles. The predicted molar refractivity (Wildman–Crippen MR) is 82.6 cm³/mol.